The molecular weight excluding hydrogens is 128 g/mol. The Balaban J connectivity index is 2.47. The lowest BCUT2D eigenvalue weighted by Crippen LogP contribution is -2.01. The van der Waals surface area contributed by atoms with E-state index in [1.165, 1.54) is 0 Å². The van der Waals surface area contributed by atoms with Crippen LogP contribution in [0.3, 0.4) is 0 Å². The van der Waals surface area contributed by atoms with Gasteiger partial charge in [0, 0.05) is 12.4 Å². The van der Waals surface area contributed by atoms with Crippen LogP contribution in [0.1, 0.15) is 0 Å². The molecule has 3 heteroatoms. The highest BCUT2D eigenvalue weighted by Crippen LogP contribution is 2.22. The first-order chi connectivity index (χ1) is 4.97. The van der Waals surface area contributed by atoms with Crippen molar-refractivity contribution in [3.8, 4) is 5.75 Å². The highest BCUT2D eigenvalue weighted by atomic mass is 16.5. The van der Waals surface area contributed by atoms with Crippen molar-refractivity contribution >= 4 is 5.82 Å². The molecule has 3 nitrogen and oxygen atoms in total. The summed E-state index contributed by atoms with van der Waals surface area (Å²) in [5.41, 5.74) is 0. The van der Waals surface area contributed by atoms with E-state index in [1.54, 1.807) is 12.4 Å². The Hall–Kier alpha value is -1.51. The lowest BCUT2D eigenvalue weighted by molar-refractivity contribution is 0.446. The third kappa shape index (κ3) is 0.719. The van der Waals surface area contributed by atoms with Crippen LogP contribution >= 0.6 is 0 Å². The second kappa shape index (κ2) is 2.02. The minimum atomic E-state index is 0.713. The van der Waals surface area contributed by atoms with Crippen molar-refractivity contribution in [3.63, 3.8) is 0 Å². The summed E-state index contributed by atoms with van der Waals surface area (Å²) in [6, 6.07) is 3.64. The number of nitrogens with zero attached hydrogens (tertiary/aromatic N) is 1. The number of rotatable bonds is 0. The summed E-state index contributed by atoms with van der Waals surface area (Å²) in [5, 5.41) is 2.89. The van der Waals surface area contributed by atoms with Crippen LogP contribution in [0.25, 0.3) is 0 Å². The highest BCUT2D eigenvalue weighted by molar-refractivity contribution is 5.52. The molecule has 0 aromatic carbocycles. The quantitative estimate of drug-likeness (QED) is 0.576. The molecule has 0 fully saturated rings. The Morgan fingerprint density at radius 2 is 2.60 bits per heavy atom. The van der Waals surface area contributed by atoms with Crippen LogP contribution in [0.2, 0.25) is 0 Å². The van der Waals surface area contributed by atoms with Gasteiger partial charge in [0.15, 0.2) is 17.8 Å². The summed E-state index contributed by atoms with van der Waals surface area (Å²) in [4.78, 5) is 4.01. The molecule has 1 aliphatic rings. The Labute approximate surface area is 58.3 Å². The van der Waals surface area contributed by atoms with Crippen LogP contribution in [0.5, 0.6) is 5.75 Å². The van der Waals surface area contributed by atoms with Crippen molar-refractivity contribution < 1.29 is 4.74 Å². The van der Waals surface area contributed by atoms with Crippen LogP contribution in [0.4, 0.5) is 5.82 Å². The molecule has 0 bridgehead atoms. The van der Waals surface area contributed by atoms with E-state index in [0.717, 1.165) is 5.82 Å². The Kier molecular flexibility index (Phi) is 1.07. The van der Waals surface area contributed by atoms with Crippen molar-refractivity contribution in [1.29, 1.82) is 0 Å². The third-order valence-electron chi connectivity index (χ3n) is 1.21. The molecule has 0 atom stereocenters. The highest BCUT2D eigenvalue weighted by Gasteiger charge is 2.04. The number of aromatic nitrogens is 1. The number of hydrogen-bond donors (Lipinski definition) is 1. The number of ether oxygens (including phenoxy) is 1. The van der Waals surface area contributed by atoms with E-state index in [0.29, 0.717) is 5.75 Å². The zero-order valence-electron chi connectivity index (χ0n) is 5.16. The molecule has 0 saturated heterocycles. The van der Waals surface area contributed by atoms with Crippen LogP contribution in [-0.4, -0.2) is 4.98 Å². The average molecular weight is 133 g/mol. The van der Waals surface area contributed by atoms with Gasteiger partial charge in [-0.25, -0.2) is 4.98 Å². The van der Waals surface area contributed by atoms with Crippen molar-refractivity contribution in [2.75, 3.05) is 5.32 Å². The van der Waals surface area contributed by atoms with Crippen molar-refractivity contribution in [2.45, 2.75) is 0 Å². The second-order valence-electron chi connectivity index (χ2n) is 1.86. The molecule has 1 aromatic rings. The zero-order chi connectivity index (χ0) is 6.81. The van der Waals surface area contributed by atoms with E-state index in [2.05, 4.69) is 16.6 Å². The van der Waals surface area contributed by atoms with Gasteiger partial charge in [-0.1, -0.05) is 0 Å². The lowest BCUT2D eigenvalue weighted by atomic mass is 10.4. The third-order valence-corrected chi connectivity index (χ3v) is 1.21. The van der Waals surface area contributed by atoms with Gasteiger partial charge in [0.1, 0.15) is 0 Å². The van der Waals surface area contributed by atoms with E-state index < -0.39 is 0 Å². The fourth-order valence-corrected chi connectivity index (χ4v) is 0.772. The minimum Gasteiger partial charge on any atom is -0.448 e. The SMILES string of the molecule is [C]1=CNc2ncccc2O1. The first kappa shape index (κ1) is 5.29. The van der Waals surface area contributed by atoms with Gasteiger partial charge in [0.2, 0.25) is 0 Å². The predicted molar refractivity (Wildman–Crippen MR) is 36.3 cm³/mol. The van der Waals surface area contributed by atoms with Gasteiger partial charge in [-0.2, -0.15) is 0 Å². The van der Waals surface area contributed by atoms with Crippen molar-refractivity contribution in [1.82, 2.24) is 4.98 Å². The molecule has 0 spiro atoms. The molecule has 0 aliphatic carbocycles. The van der Waals surface area contributed by atoms with Crippen LogP contribution < -0.4 is 10.1 Å². The fourth-order valence-electron chi connectivity index (χ4n) is 0.772. The molecule has 1 aliphatic heterocycles. The summed E-state index contributed by atoms with van der Waals surface area (Å²) < 4.78 is 4.99. The lowest BCUT2D eigenvalue weighted by Gasteiger charge is -2.09. The standard InChI is InChI=1S/C7H5N2O/c1-2-6-7(8-3-1)9-4-5-10-6/h1-4H,(H,8,9). The zero-order valence-corrected chi connectivity index (χ0v) is 5.16. The molecule has 1 radical (unpaired) electrons. The number of pyridine rings is 1. The molecule has 0 unspecified atom stereocenters. The van der Waals surface area contributed by atoms with E-state index in [-0.39, 0.29) is 0 Å². The smallest absolute Gasteiger partial charge is 0.187 e. The second-order valence-corrected chi connectivity index (χ2v) is 1.86. The number of nitrogens with one attached hydrogen (secondary N) is 1. The normalized spacial score (nSPS) is 13.2. The summed E-state index contributed by atoms with van der Waals surface area (Å²) in [6.07, 6.45) is 5.85. The van der Waals surface area contributed by atoms with Crippen LogP contribution in [-0.2, 0) is 0 Å². The number of fused-ring (bicyclic) bond motifs is 1. The fraction of sp³-hybridized carbons (Fsp3) is 0. The van der Waals surface area contributed by atoms with Gasteiger partial charge in [0.25, 0.3) is 0 Å². The first-order valence-electron chi connectivity index (χ1n) is 2.92. The van der Waals surface area contributed by atoms with E-state index in [4.69, 9.17) is 4.74 Å². The van der Waals surface area contributed by atoms with E-state index >= 15 is 0 Å². The molecule has 2 rings (SSSR count). The molecular formula is C7H5N2O. The Morgan fingerprint density at radius 3 is 3.50 bits per heavy atom. The molecule has 0 saturated carbocycles. The van der Waals surface area contributed by atoms with Gasteiger partial charge in [0.05, 0.1) is 0 Å². The maximum atomic E-state index is 4.99. The summed E-state index contributed by atoms with van der Waals surface area (Å²) in [6.45, 7) is 0. The van der Waals surface area contributed by atoms with Gasteiger partial charge in [-0.15, -0.1) is 0 Å². The van der Waals surface area contributed by atoms with E-state index in [1.807, 2.05) is 12.1 Å². The van der Waals surface area contributed by atoms with E-state index in [9.17, 15) is 0 Å². The largest absolute Gasteiger partial charge is 0.448 e. The van der Waals surface area contributed by atoms with Crippen LogP contribution in [0, 0.1) is 6.26 Å². The minimum absolute atomic E-state index is 0.713. The summed E-state index contributed by atoms with van der Waals surface area (Å²) >= 11 is 0. The van der Waals surface area contributed by atoms with Crippen LogP contribution in [0.15, 0.2) is 24.5 Å². The number of anilines is 1. The molecule has 10 heavy (non-hydrogen) atoms. The van der Waals surface area contributed by atoms with Gasteiger partial charge in [-0.3, -0.25) is 0 Å². The first-order valence-corrected chi connectivity index (χ1v) is 2.92. The molecule has 1 N–H and O–H groups in total. The molecule has 1 aromatic heterocycles. The topological polar surface area (TPSA) is 34.2 Å². The maximum Gasteiger partial charge on any atom is 0.187 e. The predicted octanol–water partition coefficient (Wildman–Crippen LogP) is 1.16. The Bertz CT molecular complexity index is 243. The number of hydrogen-bond acceptors (Lipinski definition) is 3. The summed E-state index contributed by atoms with van der Waals surface area (Å²) in [7, 11) is 0. The van der Waals surface area contributed by atoms with Gasteiger partial charge in [-0.05, 0) is 12.1 Å². The molecule has 49 valence electrons. The Morgan fingerprint density at radius 1 is 1.60 bits per heavy atom. The summed E-state index contributed by atoms with van der Waals surface area (Å²) in [5.74, 6) is 1.45. The van der Waals surface area contributed by atoms with Crippen molar-refractivity contribution in [2.24, 2.45) is 0 Å². The molecule has 0 amide bonds. The van der Waals surface area contributed by atoms with Gasteiger partial charge < -0.3 is 10.1 Å². The maximum absolute atomic E-state index is 4.99. The molecule has 2 heterocycles. The van der Waals surface area contributed by atoms with Crippen molar-refractivity contribution in [3.05, 3.63) is 30.8 Å². The monoisotopic (exact) mass is 133 g/mol. The average Bonchev–Trinajstić information content (AvgIpc) is 2.05. The van der Waals surface area contributed by atoms with Gasteiger partial charge >= 0.3 is 0 Å².